The standard InChI is InChI=1S/C14H19N9S/c1-4-23(13-11-12(17-7-16-11)18-8-19-13)5-2-10(1)15-3-6-24-14-20-9-21-22-14/h7-10,15H,1-6H2,(H,20,21,22)(H,16,17,18,19). The molecule has 1 aliphatic rings. The predicted molar refractivity (Wildman–Crippen MR) is 92.0 cm³/mol. The highest BCUT2D eigenvalue weighted by Gasteiger charge is 2.21. The number of nitrogens with one attached hydrogen (secondary N) is 3. The lowest BCUT2D eigenvalue weighted by Gasteiger charge is -2.33. The predicted octanol–water partition coefficient (Wildman–Crippen LogP) is 0.822. The van der Waals surface area contributed by atoms with Gasteiger partial charge in [-0.15, -0.1) is 0 Å². The van der Waals surface area contributed by atoms with E-state index in [-0.39, 0.29) is 0 Å². The van der Waals surface area contributed by atoms with E-state index in [9.17, 15) is 0 Å². The number of fused-ring (bicyclic) bond motifs is 1. The van der Waals surface area contributed by atoms with E-state index in [1.54, 1.807) is 24.4 Å². The lowest BCUT2D eigenvalue weighted by Crippen LogP contribution is -2.43. The molecule has 1 saturated heterocycles. The summed E-state index contributed by atoms with van der Waals surface area (Å²) in [6.45, 7) is 2.93. The zero-order valence-electron chi connectivity index (χ0n) is 13.1. The topological polar surface area (TPSA) is 111 Å². The summed E-state index contributed by atoms with van der Waals surface area (Å²) < 4.78 is 0. The lowest BCUT2D eigenvalue weighted by molar-refractivity contribution is 0.424. The summed E-state index contributed by atoms with van der Waals surface area (Å²) in [4.78, 5) is 22.4. The van der Waals surface area contributed by atoms with Gasteiger partial charge < -0.3 is 15.2 Å². The van der Waals surface area contributed by atoms with Crippen LogP contribution < -0.4 is 10.2 Å². The Balaban J connectivity index is 1.25. The molecule has 4 heterocycles. The number of H-pyrrole nitrogens is 2. The van der Waals surface area contributed by atoms with Crippen molar-refractivity contribution >= 4 is 28.7 Å². The molecule has 0 amide bonds. The molecule has 3 N–H and O–H groups in total. The SMILES string of the molecule is c1n[nH]c(SCCNC2CCN(c3ncnc4nc[nH]c34)CC2)n1. The molecule has 10 heteroatoms. The third-order valence-corrected chi connectivity index (χ3v) is 5.04. The van der Waals surface area contributed by atoms with Gasteiger partial charge in [0.25, 0.3) is 0 Å². The van der Waals surface area contributed by atoms with Gasteiger partial charge in [0.1, 0.15) is 18.2 Å². The van der Waals surface area contributed by atoms with Gasteiger partial charge in [-0.1, -0.05) is 11.8 Å². The molecule has 3 aromatic heterocycles. The molecule has 0 unspecified atom stereocenters. The average Bonchev–Trinajstić information content (AvgIpc) is 3.30. The van der Waals surface area contributed by atoms with Crippen LogP contribution in [0.25, 0.3) is 11.2 Å². The van der Waals surface area contributed by atoms with Crippen molar-refractivity contribution in [1.82, 2.24) is 40.4 Å². The van der Waals surface area contributed by atoms with Crippen molar-refractivity contribution in [3.05, 3.63) is 19.0 Å². The molecular weight excluding hydrogens is 326 g/mol. The summed E-state index contributed by atoms with van der Waals surface area (Å²) in [5.41, 5.74) is 1.65. The van der Waals surface area contributed by atoms with Crippen LogP contribution in [0.1, 0.15) is 12.8 Å². The molecule has 0 saturated carbocycles. The maximum absolute atomic E-state index is 4.44. The van der Waals surface area contributed by atoms with Gasteiger partial charge >= 0.3 is 0 Å². The van der Waals surface area contributed by atoms with E-state index in [0.717, 1.165) is 60.4 Å². The fourth-order valence-electron chi connectivity index (χ4n) is 2.96. The smallest absolute Gasteiger partial charge is 0.183 e. The minimum atomic E-state index is 0.552. The van der Waals surface area contributed by atoms with Crippen molar-refractivity contribution in [1.29, 1.82) is 0 Å². The van der Waals surface area contributed by atoms with Crippen LogP contribution in [-0.2, 0) is 0 Å². The average molecular weight is 345 g/mol. The van der Waals surface area contributed by atoms with E-state index in [4.69, 9.17) is 0 Å². The van der Waals surface area contributed by atoms with Gasteiger partial charge in [-0.2, -0.15) is 5.10 Å². The molecule has 9 nitrogen and oxygen atoms in total. The fraction of sp³-hybridized carbons (Fsp3) is 0.500. The van der Waals surface area contributed by atoms with Gasteiger partial charge in [-0.25, -0.2) is 19.9 Å². The lowest BCUT2D eigenvalue weighted by atomic mass is 10.1. The first-order valence-corrected chi connectivity index (χ1v) is 8.99. The number of hydrogen-bond acceptors (Lipinski definition) is 8. The van der Waals surface area contributed by atoms with Gasteiger partial charge in [-0.3, -0.25) is 5.10 Å². The molecule has 0 spiro atoms. The summed E-state index contributed by atoms with van der Waals surface area (Å²) >= 11 is 1.69. The third-order valence-electron chi connectivity index (χ3n) is 4.16. The summed E-state index contributed by atoms with van der Waals surface area (Å²) in [5, 5.41) is 11.2. The zero-order chi connectivity index (χ0) is 16.2. The Morgan fingerprint density at radius 2 is 2.08 bits per heavy atom. The van der Waals surface area contributed by atoms with E-state index in [1.807, 2.05) is 0 Å². The van der Waals surface area contributed by atoms with Gasteiger partial charge in [0, 0.05) is 31.4 Å². The number of rotatable bonds is 6. The van der Waals surface area contributed by atoms with Crippen LogP contribution in [0.15, 0.2) is 24.1 Å². The van der Waals surface area contributed by atoms with Crippen LogP contribution in [-0.4, -0.2) is 66.5 Å². The molecule has 1 aliphatic heterocycles. The highest BCUT2D eigenvalue weighted by atomic mass is 32.2. The van der Waals surface area contributed by atoms with Gasteiger partial charge in [-0.05, 0) is 12.8 Å². The number of thioether (sulfide) groups is 1. The normalized spacial score (nSPS) is 16.1. The molecule has 0 atom stereocenters. The number of aromatic amines is 2. The second-order valence-electron chi connectivity index (χ2n) is 5.65. The molecule has 0 aliphatic carbocycles. The highest BCUT2D eigenvalue weighted by molar-refractivity contribution is 7.99. The molecule has 0 radical (unpaired) electrons. The van der Waals surface area contributed by atoms with Crippen LogP contribution in [0.2, 0.25) is 0 Å². The molecule has 126 valence electrons. The molecule has 3 aromatic rings. The monoisotopic (exact) mass is 345 g/mol. The number of imidazole rings is 1. The molecule has 0 bridgehead atoms. The summed E-state index contributed by atoms with van der Waals surface area (Å²) in [6.07, 6.45) is 7.00. The maximum Gasteiger partial charge on any atom is 0.183 e. The second-order valence-corrected chi connectivity index (χ2v) is 6.74. The Labute approximate surface area is 143 Å². The minimum absolute atomic E-state index is 0.552. The Hall–Kier alpha value is -2.20. The second kappa shape index (κ2) is 7.14. The number of piperidine rings is 1. The number of aromatic nitrogens is 7. The van der Waals surface area contributed by atoms with Crippen molar-refractivity contribution in [3.63, 3.8) is 0 Å². The largest absolute Gasteiger partial charge is 0.355 e. The van der Waals surface area contributed by atoms with Crippen molar-refractivity contribution < 1.29 is 0 Å². The summed E-state index contributed by atoms with van der Waals surface area (Å²) in [6, 6.07) is 0.552. The van der Waals surface area contributed by atoms with Crippen LogP contribution in [0.4, 0.5) is 5.82 Å². The minimum Gasteiger partial charge on any atom is -0.355 e. The number of hydrogen-bond donors (Lipinski definition) is 3. The van der Waals surface area contributed by atoms with E-state index >= 15 is 0 Å². The van der Waals surface area contributed by atoms with Gasteiger partial charge in [0.05, 0.1) is 6.33 Å². The van der Waals surface area contributed by atoms with Gasteiger partial charge in [0.15, 0.2) is 16.6 Å². The van der Waals surface area contributed by atoms with Crippen LogP contribution in [0.5, 0.6) is 0 Å². The van der Waals surface area contributed by atoms with Crippen molar-refractivity contribution in [2.24, 2.45) is 0 Å². The maximum atomic E-state index is 4.44. The quantitative estimate of drug-likeness (QED) is 0.445. The highest BCUT2D eigenvalue weighted by Crippen LogP contribution is 2.23. The Bertz CT molecular complexity index is 764. The van der Waals surface area contributed by atoms with Crippen molar-refractivity contribution in [2.45, 2.75) is 24.0 Å². The van der Waals surface area contributed by atoms with E-state index in [0.29, 0.717) is 6.04 Å². The van der Waals surface area contributed by atoms with Crippen LogP contribution in [0, 0.1) is 0 Å². The van der Waals surface area contributed by atoms with E-state index in [2.05, 4.69) is 45.3 Å². The first kappa shape index (κ1) is 15.3. The first-order chi connectivity index (χ1) is 11.9. The summed E-state index contributed by atoms with van der Waals surface area (Å²) in [7, 11) is 0. The molecule has 4 rings (SSSR count). The van der Waals surface area contributed by atoms with Crippen LogP contribution >= 0.6 is 11.8 Å². The Morgan fingerprint density at radius 3 is 2.92 bits per heavy atom. The van der Waals surface area contributed by atoms with Crippen LogP contribution in [0.3, 0.4) is 0 Å². The summed E-state index contributed by atoms with van der Waals surface area (Å²) in [5.74, 6) is 1.94. The van der Waals surface area contributed by atoms with Gasteiger partial charge in [0.2, 0.25) is 0 Å². The molecule has 1 fully saturated rings. The zero-order valence-corrected chi connectivity index (χ0v) is 14.0. The third kappa shape index (κ3) is 3.34. The van der Waals surface area contributed by atoms with Crippen molar-refractivity contribution in [3.8, 4) is 0 Å². The number of nitrogens with zero attached hydrogens (tertiary/aromatic N) is 6. The molecular formula is C14H19N9S. The number of anilines is 1. The van der Waals surface area contributed by atoms with Crippen molar-refractivity contribution in [2.75, 3.05) is 30.3 Å². The fourth-order valence-corrected chi connectivity index (χ4v) is 3.61. The Morgan fingerprint density at radius 1 is 1.17 bits per heavy atom. The molecule has 0 aromatic carbocycles. The first-order valence-electron chi connectivity index (χ1n) is 8.01. The van der Waals surface area contributed by atoms with E-state index < -0.39 is 0 Å². The Kier molecular flexibility index (Phi) is 4.56. The van der Waals surface area contributed by atoms with E-state index in [1.165, 1.54) is 6.33 Å². The molecule has 24 heavy (non-hydrogen) atoms.